The van der Waals surface area contributed by atoms with Crippen molar-refractivity contribution in [3.63, 3.8) is 0 Å². The van der Waals surface area contributed by atoms with Crippen LogP contribution in [0, 0.1) is 17.8 Å². The molecule has 64 valence electrons. The van der Waals surface area contributed by atoms with Crippen LogP contribution in [0.15, 0.2) is 0 Å². The van der Waals surface area contributed by atoms with Crippen molar-refractivity contribution in [3.8, 4) is 0 Å². The zero-order valence-corrected chi connectivity index (χ0v) is 7.16. The highest BCUT2D eigenvalue weighted by Gasteiger charge is 2.43. The van der Waals surface area contributed by atoms with E-state index in [1.165, 1.54) is 19.3 Å². The number of hydrogen-bond donors (Lipinski definition) is 2. The van der Waals surface area contributed by atoms with E-state index in [0.29, 0.717) is 18.0 Å². The van der Waals surface area contributed by atoms with E-state index >= 15 is 0 Å². The van der Waals surface area contributed by atoms with E-state index in [9.17, 15) is 0 Å². The summed E-state index contributed by atoms with van der Waals surface area (Å²) in [6, 6.07) is 0.928. The van der Waals surface area contributed by atoms with Gasteiger partial charge in [-0.15, -0.1) is 0 Å². The van der Waals surface area contributed by atoms with Gasteiger partial charge in [0.1, 0.15) is 0 Å². The van der Waals surface area contributed by atoms with Crippen LogP contribution in [0.2, 0.25) is 0 Å². The molecule has 5 atom stereocenters. The molecule has 0 aromatic heterocycles. The highest BCUT2D eigenvalue weighted by molar-refractivity contribution is 4.98. The van der Waals surface area contributed by atoms with E-state index < -0.39 is 0 Å². The molecule has 0 radical (unpaired) electrons. The molecule has 2 aliphatic rings. The number of hydrogen-bond acceptors (Lipinski definition) is 2. The maximum absolute atomic E-state index is 5.97. The fourth-order valence-corrected chi connectivity index (χ4v) is 3.00. The summed E-state index contributed by atoms with van der Waals surface area (Å²) >= 11 is 0. The monoisotopic (exact) mass is 154 g/mol. The van der Waals surface area contributed by atoms with Gasteiger partial charge in [0.05, 0.1) is 0 Å². The van der Waals surface area contributed by atoms with E-state index in [1.54, 1.807) is 0 Å². The molecule has 4 N–H and O–H groups in total. The summed E-state index contributed by atoms with van der Waals surface area (Å²) in [5.41, 5.74) is 11.9. The number of rotatable bonds is 0. The molecule has 11 heavy (non-hydrogen) atoms. The molecule has 5 unspecified atom stereocenters. The van der Waals surface area contributed by atoms with E-state index in [2.05, 4.69) is 6.92 Å². The van der Waals surface area contributed by atoms with Crippen LogP contribution in [0.3, 0.4) is 0 Å². The van der Waals surface area contributed by atoms with Gasteiger partial charge in [-0.25, -0.2) is 0 Å². The first-order valence-electron chi connectivity index (χ1n) is 4.69. The molecule has 2 heteroatoms. The summed E-state index contributed by atoms with van der Waals surface area (Å²) in [5.74, 6) is 2.42. The summed E-state index contributed by atoms with van der Waals surface area (Å²) in [4.78, 5) is 0. The predicted octanol–water partition coefficient (Wildman–Crippen LogP) is 0.707. The molecule has 0 spiro atoms. The molecule has 2 nitrogen and oxygen atoms in total. The molecule has 2 saturated carbocycles. The maximum Gasteiger partial charge on any atom is 0.00700 e. The second-order valence-corrected chi connectivity index (χ2v) is 4.41. The zero-order valence-electron chi connectivity index (χ0n) is 7.16. The molecule has 0 aliphatic heterocycles. The third-order valence-electron chi connectivity index (χ3n) is 3.71. The summed E-state index contributed by atoms with van der Waals surface area (Å²) in [5, 5.41) is 0. The third kappa shape index (κ3) is 1.09. The van der Waals surface area contributed by atoms with Gasteiger partial charge in [-0.1, -0.05) is 6.92 Å². The summed E-state index contributed by atoms with van der Waals surface area (Å²) in [7, 11) is 0. The Balaban J connectivity index is 2.07. The van der Waals surface area contributed by atoms with Crippen molar-refractivity contribution in [3.05, 3.63) is 0 Å². The van der Waals surface area contributed by atoms with Crippen LogP contribution in [-0.2, 0) is 0 Å². The first-order chi connectivity index (χ1) is 5.18. The molecule has 2 fully saturated rings. The Hall–Kier alpha value is -0.0800. The van der Waals surface area contributed by atoms with Crippen LogP contribution in [0.4, 0.5) is 0 Å². The van der Waals surface area contributed by atoms with Gasteiger partial charge < -0.3 is 11.5 Å². The van der Waals surface area contributed by atoms with E-state index in [4.69, 9.17) is 11.5 Å². The van der Waals surface area contributed by atoms with Gasteiger partial charge >= 0.3 is 0 Å². The Bertz CT molecular complexity index is 158. The Morgan fingerprint density at radius 3 is 2.45 bits per heavy atom. The Morgan fingerprint density at radius 1 is 1.09 bits per heavy atom. The van der Waals surface area contributed by atoms with E-state index in [0.717, 1.165) is 11.8 Å². The van der Waals surface area contributed by atoms with Crippen molar-refractivity contribution in [2.45, 2.75) is 38.3 Å². The van der Waals surface area contributed by atoms with Crippen LogP contribution in [0.5, 0.6) is 0 Å². The fourth-order valence-electron chi connectivity index (χ4n) is 3.00. The van der Waals surface area contributed by atoms with Gasteiger partial charge in [-0.3, -0.25) is 0 Å². The van der Waals surface area contributed by atoms with Crippen molar-refractivity contribution >= 4 is 0 Å². The Morgan fingerprint density at radius 2 is 1.82 bits per heavy atom. The topological polar surface area (TPSA) is 52.0 Å². The minimum Gasteiger partial charge on any atom is -0.328 e. The lowest BCUT2D eigenvalue weighted by atomic mass is 9.92. The minimum atomic E-state index is 0.456. The summed E-state index contributed by atoms with van der Waals surface area (Å²) in [6.07, 6.45) is 3.67. The molecule has 0 bridgehead atoms. The van der Waals surface area contributed by atoms with Gasteiger partial charge in [-0.2, -0.15) is 0 Å². The highest BCUT2D eigenvalue weighted by atomic mass is 14.7. The molecular formula is C9H18N2. The molecule has 2 aliphatic carbocycles. The van der Waals surface area contributed by atoms with Crippen molar-refractivity contribution < 1.29 is 0 Å². The maximum atomic E-state index is 5.97. The van der Waals surface area contributed by atoms with Gasteiger partial charge in [0.2, 0.25) is 0 Å². The minimum absolute atomic E-state index is 0.456. The van der Waals surface area contributed by atoms with Crippen molar-refractivity contribution in [1.29, 1.82) is 0 Å². The van der Waals surface area contributed by atoms with Crippen LogP contribution >= 0.6 is 0 Å². The Labute approximate surface area is 68.3 Å². The second kappa shape index (κ2) is 2.46. The smallest absolute Gasteiger partial charge is 0.00700 e. The van der Waals surface area contributed by atoms with Crippen molar-refractivity contribution in [1.82, 2.24) is 0 Å². The summed E-state index contributed by atoms with van der Waals surface area (Å²) < 4.78 is 0. The molecule has 2 rings (SSSR count). The van der Waals surface area contributed by atoms with Crippen molar-refractivity contribution in [2.24, 2.45) is 29.2 Å². The molecule has 0 saturated heterocycles. The largest absolute Gasteiger partial charge is 0.328 e. The molecule has 0 amide bonds. The standard InChI is InChI=1S/C9H18N2/c1-5-8-4-7(10)2-6(8)3-9(5)11/h5-9H,2-4,10-11H2,1H3. The fraction of sp³-hybridized carbons (Fsp3) is 1.00. The van der Waals surface area contributed by atoms with Gasteiger partial charge in [0, 0.05) is 12.1 Å². The number of nitrogens with two attached hydrogens (primary N) is 2. The lowest BCUT2D eigenvalue weighted by molar-refractivity contribution is 0.361. The van der Waals surface area contributed by atoms with Gasteiger partial charge in [0.25, 0.3) is 0 Å². The van der Waals surface area contributed by atoms with Gasteiger partial charge in [0.15, 0.2) is 0 Å². The lowest BCUT2D eigenvalue weighted by Gasteiger charge is -2.16. The SMILES string of the molecule is CC1C(N)CC2CC(N)CC21. The molecular weight excluding hydrogens is 136 g/mol. The molecule has 0 aromatic rings. The van der Waals surface area contributed by atoms with Crippen LogP contribution in [-0.4, -0.2) is 12.1 Å². The van der Waals surface area contributed by atoms with E-state index in [-0.39, 0.29) is 0 Å². The third-order valence-corrected chi connectivity index (χ3v) is 3.71. The quantitative estimate of drug-likeness (QED) is 0.540. The highest BCUT2D eigenvalue weighted by Crippen LogP contribution is 2.46. The normalized spacial score (nSPS) is 56.5. The Kier molecular flexibility index (Phi) is 1.69. The van der Waals surface area contributed by atoms with Crippen LogP contribution in [0.1, 0.15) is 26.2 Å². The second-order valence-electron chi connectivity index (χ2n) is 4.41. The number of fused-ring (bicyclic) bond motifs is 1. The predicted molar refractivity (Wildman–Crippen MR) is 45.9 cm³/mol. The van der Waals surface area contributed by atoms with Crippen molar-refractivity contribution in [2.75, 3.05) is 0 Å². The summed E-state index contributed by atoms with van der Waals surface area (Å²) in [6.45, 7) is 2.29. The van der Waals surface area contributed by atoms with Crippen LogP contribution < -0.4 is 11.5 Å². The first-order valence-corrected chi connectivity index (χ1v) is 4.69. The van der Waals surface area contributed by atoms with Crippen LogP contribution in [0.25, 0.3) is 0 Å². The molecule has 0 heterocycles. The van der Waals surface area contributed by atoms with Gasteiger partial charge in [-0.05, 0) is 37.0 Å². The zero-order chi connectivity index (χ0) is 8.01. The molecule has 0 aromatic carbocycles. The average Bonchev–Trinajstić information content (AvgIpc) is 2.37. The lowest BCUT2D eigenvalue weighted by Crippen LogP contribution is -2.27. The van der Waals surface area contributed by atoms with E-state index in [1.807, 2.05) is 0 Å². The average molecular weight is 154 g/mol. The first kappa shape index (κ1) is 7.56.